The molecule has 1 heterocycles. The van der Waals surface area contributed by atoms with Crippen molar-refractivity contribution in [3.8, 4) is 5.75 Å². The predicted molar refractivity (Wildman–Crippen MR) is 49.9 cm³/mol. The van der Waals surface area contributed by atoms with Crippen LogP contribution in [0, 0.1) is 0 Å². The minimum absolute atomic E-state index is 0.172. The lowest BCUT2D eigenvalue weighted by Crippen LogP contribution is -2.20. The first-order valence-corrected chi connectivity index (χ1v) is 4.43. The number of alkyl carbamates (subject to hydrolysis) is 1. The van der Waals surface area contributed by atoms with Crippen LogP contribution >= 0.6 is 0 Å². The van der Waals surface area contributed by atoms with Gasteiger partial charge >= 0.3 is 6.09 Å². The van der Waals surface area contributed by atoms with Crippen molar-refractivity contribution >= 4 is 6.09 Å². The number of carbonyl (C=O) groups is 1. The fraction of sp³-hybridized carbons (Fsp3) is 0.300. The fourth-order valence-electron chi connectivity index (χ4n) is 1.59. The van der Waals surface area contributed by atoms with Crippen LogP contribution in [0.1, 0.15) is 18.5 Å². The highest BCUT2D eigenvalue weighted by molar-refractivity contribution is 5.70. The molecule has 0 aliphatic carbocycles. The van der Waals surface area contributed by atoms with Gasteiger partial charge in [0.2, 0.25) is 0 Å². The van der Waals surface area contributed by atoms with Gasteiger partial charge in [0.25, 0.3) is 0 Å². The van der Waals surface area contributed by atoms with E-state index in [1.807, 2.05) is 13.0 Å². The third kappa shape index (κ3) is 1.51. The number of aromatic hydroxyl groups is 1. The minimum Gasteiger partial charge on any atom is -0.508 e. The van der Waals surface area contributed by atoms with E-state index in [2.05, 4.69) is 5.32 Å². The zero-order chi connectivity index (χ0) is 10.1. The Morgan fingerprint density at radius 1 is 1.50 bits per heavy atom. The van der Waals surface area contributed by atoms with Crippen molar-refractivity contribution in [2.75, 3.05) is 0 Å². The molecule has 0 aromatic heterocycles. The van der Waals surface area contributed by atoms with Crippen LogP contribution in [0.15, 0.2) is 24.3 Å². The van der Waals surface area contributed by atoms with Crippen molar-refractivity contribution in [2.24, 2.45) is 0 Å². The van der Waals surface area contributed by atoms with Crippen molar-refractivity contribution < 1.29 is 14.6 Å². The molecule has 74 valence electrons. The standard InChI is InChI=1S/C10H11NO3/c1-6-9(11-10(13)14-6)7-3-2-4-8(12)5-7/h2-6,9,12H,1H3,(H,11,13)/t6-,9-/m1/s1. The Balaban J connectivity index is 2.27. The van der Waals surface area contributed by atoms with E-state index in [0.717, 1.165) is 5.56 Å². The number of phenolic OH excluding ortho intramolecular Hbond substituents is 1. The molecule has 0 saturated carbocycles. The summed E-state index contributed by atoms with van der Waals surface area (Å²) < 4.78 is 4.94. The number of benzene rings is 1. The maximum Gasteiger partial charge on any atom is 0.408 e. The molecule has 2 rings (SSSR count). The lowest BCUT2D eigenvalue weighted by Gasteiger charge is -2.12. The second-order valence-corrected chi connectivity index (χ2v) is 3.33. The van der Waals surface area contributed by atoms with E-state index >= 15 is 0 Å². The average molecular weight is 193 g/mol. The molecular weight excluding hydrogens is 182 g/mol. The number of hydrogen-bond donors (Lipinski definition) is 2. The highest BCUT2D eigenvalue weighted by Crippen LogP contribution is 2.26. The molecule has 1 aliphatic rings. The van der Waals surface area contributed by atoms with Gasteiger partial charge < -0.3 is 15.2 Å². The summed E-state index contributed by atoms with van der Waals surface area (Å²) in [6, 6.07) is 6.62. The highest BCUT2D eigenvalue weighted by Gasteiger charge is 2.31. The summed E-state index contributed by atoms with van der Waals surface area (Å²) in [6.07, 6.45) is -0.616. The van der Waals surface area contributed by atoms with Gasteiger partial charge in [-0.1, -0.05) is 12.1 Å². The number of cyclic esters (lactones) is 1. The lowest BCUT2D eigenvalue weighted by molar-refractivity contribution is 0.141. The Hall–Kier alpha value is -1.71. The van der Waals surface area contributed by atoms with E-state index in [-0.39, 0.29) is 17.9 Å². The number of carbonyl (C=O) groups excluding carboxylic acids is 1. The van der Waals surface area contributed by atoms with Crippen LogP contribution in [0.4, 0.5) is 4.79 Å². The van der Waals surface area contributed by atoms with Gasteiger partial charge in [-0.2, -0.15) is 0 Å². The Bertz CT molecular complexity index is 364. The Morgan fingerprint density at radius 3 is 2.86 bits per heavy atom. The van der Waals surface area contributed by atoms with Gasteiger partial charge in [-0.25, -0.2) is 4.79 Å². The van der Waals surface area contributed by atoms with Crippen LogP contribution in [-0.2, 0) is 4.74 Å². The maximum atomic E-state index is 10.9. The number of ether oxygens (including phenoxy) is 1. The van der Waals surface area contributed by atoms with E-state index in [1.165, 1.54) is 0 Å². The third-order valence-electron chi connectivity index (χ3n) is 2.27. The largest absolute Gasteiger partial charge is 0.508 e. The molecule has 14 heavy (non-hydrogen) atoms. The number of nitrogens with one attached hydrogen (secondary N) is 1. The summed E-state index contributed by atoms with van der Waals surface area (Å²) in [5, 5.41) is 11.9. The zero-order valence-electron chi connectivity index (χ0n) is 7.73. The van der Waals surface area contributed by atoms with Crippen LogP contribution in [0.3, 0.4) is 0 Å². The molecular formula is C10H11NO3. The van der Waals surface area contributed by atoms with Crippen molar-refractivity contribution in [3.05, 3.63) is 29.8 Å². The molecule has 2 N–H and O–H groups in total. The van der Waals surface area contributed by atoms with Crippen LogP contribution < -0.4 is 5.32 Å². The third-order valence-corrected chi connectivity index (χ3v) is 2.27. The van der Waals surface area contributed by atoms with Crippen LogP contribution in [0.25, 0.3) is 0 Å². The Kier molecular flexibility index (Phi) is 2.04. The summed E-state index contributed by atoms with van der Waals surface area (Å²) in [6.45, 7) is 1.81. The number of amides is 1. The maximum absolute atomic E-state index is 10.9. The predicted octanol–water partition coefficient (Wildman–Crippen LogP) is 1.56. The second kappa shape index (κ2) is 3.21. The Labute approximate surface area is 81.5 Å². The molecule has 1 aliphatic heterocycles. The van der Waals surface area contributed by atoms with E-state index in [9.17, 15) is 9.90 Å². The van der Waals surface area contributed by atoms with Crippen LogP contribution in [0.2, 0.25) is 0 Å². The highest BCUT2D eigenvalue weighted by atomic mass is 16.6. The van der Waals surface area contributed by atoms with E-state index in [1.54, 1.807) is 18.2 Å². The van der Waals surface area contributed by atoms with Gasteiger partial charge in [0.05, 0.1) is 6.04 Å². The molecule has 0 unspecified atom stereocenters. The summed E-state index contributed by atoms with van der Waals surface area (Å²) in [4.78, 5) is 10.9. The number of rotatable bonds is 1. The first kappa shape index (κ1) is 8.87. The average Bonchev–Trinajstić information content (AvgIpc) is 2.45. The fourth-order valence-corrected chi connectivity index (χ4v) is 1.59. The van der Waals surface area contributed by atoms with E-state index < -0.39 is 6.09 Å². The molecule has 2 atom stereocenters. The van der Waals surface area contributed by atoms with E-state index in [4.69, 9.17) is 4.74 Å². The van der Waals surface area contributed by atoms with E-state index in [0.29, 0.717) is 0 Å². The monoisotopic (exact) mass is 193 g/mol. The zero-order valence-corrected chi connectivity index (χ0v) is 7.73. The molecule has 0 radical (unpaired) electrons. The smallest absolute Gasteiger partial charge is 0.408 e. The normalized spacial score (nSPS) is 25.6. The first-order chi connectivity index (χ1) is 6.66. The van der Waals surface area contributed by atoms with Gasteiger partial charge in [0.1, 0.15) is 11.9 Å². The summed E-state index contributed by atoms with van der Waals surface area (Å²) in [5.74, 6) is 0.191. The quantitative estimate of drug-likeness (QED) is 0.711. The second-order valence-electron chi connectivity index (χ2n) is 3.33. The molecule has 1 fully saturated rings. The Morgan fingerprint density at radius 2 is 2.29 bits per heavy atom. The molecule has 4 nitrogen and oxygen atoms in total. The van der Waals surface area contributed by atoms with Crippen molar-refractivity contribution in [2.45, 2.75) is 19.1 Å². The first-order valence-electron chi connectivity index (χ1n) is 4.43. The lowest BCUT2D eigenvalue weighted by atomic mass is 10.0. The minimum atomic E-state index is -0.411. The summed E-state index contributed by atoms with van der Waals surface area (Å²) in [7, 11) is 0. The summed E-state index contributed by atoms with van der Waals surface area (Å²) in [5.41, 5.74) is 0.850. The summed E-state index contributed by atoms with van der Waals surface area (Å²) >= 11 is 0. The van der Waals surface area contributed by atoms with Crippen LogP contribution in [0.5, 0.6) is 5.75 Å². The van der Waals surface area contributed by atoms with Gasteiger partial charge in [-0.05, 0) is 24.6 Å². The van der Waals surface area contributed by atoms with Crippen molar-refractivity contribution in [3.63, 3.8) is 0 Å². The van der Waals surface area contributed by atoms with Gasteiger partial charge in [0.15, 0.2) is 0 Å². The molecule has 1 aromatic carbocycles. The molecule has 1 aromatic rings. The topological polar surface area (TPSA) is 58.6 Å². The van der Waals surface area contributed by atoms with Gasteiger partial charge in [-0.15, -0.1) is 0 Å². The van der Waals surface area contributed by atoms with Crippen molar-refractivity contribution in [1.82, 2.24) is 5.32 Å². The molecule has 0 spiro atoms. The van der Waals surface area contributed by atoms with Gasteiger partial charge in [-0.3, -0.25) is 0 Å². The number of hydrogen-bond acceptors (Lipinski definition) is 3. The molecule has 1 saturated heterocycles. The molecule has 1 amide bonds. The SMILES string of the molecule is C[C@H]1OC(=O)N[C@H]1c1cccc(O)c1. The number of phenols is 1. The van der Waals surface area contributed by atoms with Crippen molar-refractivity contribution in [1.29, 1.82) is 0 Å². The molecule has 4 heteroatoms. The molecule has 0 bridgehead atoms. The van der Waals surface area contributed by atoms with Crippen LogP contribution in [-0.4, -0.2) is 17.3 Å². The van der Waals surface area contributed by atoms with Gasteiger partial charge in [0, 0.05) is 0 Å².